The summed E-state index contributed by atoms with van der Waals surface area (Å²) in [6.45, 7) is 3.11. The molecule has 1 unspecified atom stereocenters. The van der Waals surface area contributed by atoms with E-state index in [2.05, 4.69) is 5.32 Å². The zero-order chi connectivity index (χ0) is 15.1. The number of carboxylic acids is 1. The van der Waals surface area contributed by atoms with Crippen LogP contribution in [0.5, 0.6) is 0 Å². The van der Waals surface area contributed by atoms with Crippen LogP contribution < -0.4 is 5.32 Å². The zero-order valence-electron chi connectivity index (χ0n) is 11.5. The van der Waals surface area contributed by atoms with Gasteiger partial charge in [-0.2, -0.15) is 0 Å². The highest BCUT2D eigenvalue weighted by Gasteiger charge is 2.22. The molecule has 0 bridgehead atoms. The summed E-state index contributed by atoms with van der Waals surface area (Å²) < 4.78 is 0. The van der Waals surface area contributed by atoms with Crippen LogP contribution in [-0.4, -0.2) is 40.9 Å². The van der Waals surface area contributed by atoms with E-state index in [-0.39, 0.29) is 24.8 Å². The molecule has 2 amide bonds. The number of nitrogens with one attached hydrogen (secondary N) is 1. The molecule has 1 rings (SSSR count). The minimum Gasteiger partial charge on any atom is -0.480 e. The Labute approximate surface area is 121 Å². The molecule has 0 aliphatic rings. The second-order valence-electron chi connectivity index (χ2n) is 4.27. The molecule has 0 aliphatic heterocycles. The highest BCUT2D eigenvalue weighted by atomic mass is 32.1. The summed E-state index contributed by atoms with van der Waals surface area (Å²) in [4.78, 5) is 36.2. The highest BCUT2D eigenvalue weighted by Crippen LogP contribution is 2.22. The molecule has 1 aromatic rings. The average molecular weight is 298 g/mol. The number of hydrogen-bond acceptors (Lipinski definition) is 4. The van der Waals surface area contributed by atoms with Crippen LogP contribution in [0.1, 0.15) is 31.2 Å². The Morgan fingerprint density at radius 2 is 2.15 bits per heavy atom. The number of nitrogens with zero attached hydrogens (tertiary/aromatic N) is 1. The maximum Gasteiger partial charge on any atom is 0.323 e. The van der Waals surface area contributed by atoms with Crippen LogP contribution in [0.4, 0.5) is 0 Å². The normalized spacial score (nSPS) is 11.7. The first-order valence-electron chi connectivity index (χ1n) is 6.24. The summed E-state index contributed by atoms with van der Waals surface area (Å²) in [5.74, 6) is -1.56. The second-order valence-corrected chi connectivity index (χ2v) is 5.25. The van der Waals surface area contributed by atoms with Gasteiger partial charge in [0.2, 0.25) is 11.8 Å². The van der Waals surface area contributed by atoms with Gasteiger partial charge in [0, 0.05) is 18.3 Å². The van der Waals surface area contributed by atoms with Crippen LogP contribution in [0.25, 0.3) is 0 Å². The standard InChI is InChI=1S/C13H18N2O4S/c1-3-15(8-13(18)19)12(17)7-10(14-9(2)16)11-5-4-6-20-11/h4-6,10H,3,7-8H2,1-2H3,(H,14,16)(H,18,19). The van der Waals surface area contributed by atoms with Crippen molar-refractivity contribution in [1.29, 1.82) is 0 Å². The van der Waals surface area contributed by atoms with Crippen molar-refractivity contribution in [1.82, 2.24) is 10.2 Å². The van der Waals surface area contributed by atoms with Gasteiger partial charge < -0.3 is 15.3 Å². The number of carboxylic acid groups (broad SMARTS) is 1. The number of aliphatic carboxylic acids is 1. The van der Waals surface area contributed by atoms with Crippen molar-refractivity contribution in [3.8, 4) is 0 Å². The number of amides is 2. The lowest BCUT2D eigenvalue weighted by molar-refractivity contribution is -0.144. The first-order chi connectivity index (χ1) is 9.43. The molecular formula is C13H18N2O4S. The molecule has 0 aliphatic carbocycles. The van der Waals surface area contributed by atoms with Crippen molar-refractivity contribution < 1.29 is 19.5 Å². The van der Waals surface area contributed by atoms with Crippen LogP contribution >= 0.6 is 11.3 Å². The topological polar surface area (TPSA) is 86.7 Å². The van der Waals surface area contributed by atoms with Crippen LogP contribution in [0.2, 0.25) is 0 Å². The van der Waals surface area contributed by atoms with E-state index in [9.17, 15) is 14.4 Å². The third-order valence-electron chi connectivity index (χ3n) is 2.70. The molecule has 20 heavy (non-hydrogen) atoms. The van der Waals surface area contributed by atoms with Gasteiger partial charge in [-0.3, -0.25) is 14.4 Å². The van der Waals surface area contributed by atoms with Crippen molar-refractivity contribution in [3.05, 3.63) is 22.4 Å². The van der Waals surface area contributed by atoms with E-state index in [1.807, 2.05) is 17.5 Å². The molecule has 0 aromatic carbocycles. The quantitative estimate of drug-likeness (QED) is 0.793. The Kier molecular flexibility index (Phi) is 6.17. The van der Waals surface area contributed by atoms with E-state index < -0.39 is 12.0 Å². The summed E-state index contributed by atoms with van der Waals surface area (Å²) in [6, 6.07) is 3.27. The van der Waals surface area contributed by atoms with Gasteiger partial charge in [-0.15, -0.1) is 11.3 Å². The summed E-state index contributed by atoms with van der Waals surface area (Å²) >= 11 is 1.45. The molecule has 7 heteroatoms. The molecule has 1 atom stereocenters. The SMILES string of the molecule is CCN(CC(=O)O)C(=O)CC(NC(C)=O)c1cccs1. The Balaban J connectivity index is 2.76. The van der Waals surface area contributed by atoms with Gasteiger partial charge in [-0.1, -0.05) is 6.07 Å². The maximum atomic E-state index is 12.1. The Morgan fingerprint density at radius 1 is 1.45 bits per heavy atom. The average Bonchev–Trinajstić information content (AvgIpc) is 2.87. The van der Waals surface area contributed by atoms with Gasteiger partial charge in [-0.25, -0.2) is 0 Å². The predicted octanol–water partition coefficient (Wildman–Crippen LogP) is 1.25. The molecule has 0 saturated heterocycles. The molecular weight excluding hydrogens is 280 g/mol. The van der Waals surface area contributed by atoms with Crippen molar-refractivity contribution in [2.75, 3.05) is 13.1 Å². The van der Waals surface area contributed by atoms with E-state index in [1.54, 1.807) is 6.92 Å². The van der Waals surface area contributed by atoms with Crippen molar-refractivity contribution >= 4 is 29.1 Å². The van der Waals surface area contributed by atoms with Crippen LogP contribution in [0.15, 0.2) is 17.5 Å². The van der Waals surface area contributed by atoms with Gasteiger partial charge in [0.1, 0.15) is 6.54 Å². The lowest BCUT2D eigenvalue weighted by Crippen LogP contribution is -2.38. The fraction of sp³-hybridized carbons (Fsp3) is 0.462. The molecule has 1 heterocycles. The fourth-order valence-electron chi connectivity index (χ4n) is 1.80. The Hall–Kier alpha value is -1.89. The van der Waals surface area contributed by atoms with Gasteiger partial charge >= 0.3 is 5.97 Å². The van der Waals surface area contributed by atoms with Gasteiger partial charge in [0.05, 0.1) is 12.5 Å². The molecule has 0 fully saturated rings. The minimum absolute atomic E-state index is 0.0568. The summed E-state index contributed by atoms with van der Waals surface area (Å²) in [5.41, 5.74) is 0. The third kappa shape index (κ3) is 5.00. The summed E-state index contributed by atoms with van der Waals surface area (Å²) in [7, 11) is 0. The lowest BCUT2D eigenvalue weighted by Gasteiger charge is -2.22. The molecule has 0 saturated carbocycles. The summed E-state index contributed by atoms with van der Waals surface area (Å²) in [6.07, 6.45) is 0.0568. The highest BCUT2D eigenvalue weighted by molar-refractivity contribution is 7.10. The first kappa shape index (κ1) is 16.2. The largest absolute Gasteiger partial charge is 0.480 e. The molecule has 6 nitrogen and oxygen atoms in total. The number of hydrogen-bond donors (Lipinski definition) is 2. The third-order valence-corrected chi connectivity index (χ3v) is 3.69. The maximum absolute atomic E-state index is 12.1. The van der Waals surface area contributed by atoms with E-state index >= 15 is 0 Å². The fourth-order valence-corrected chi connectivity index (χ4v) is 2.58. The van der Waals surface area contributed by atoms with E-state index in [4.69, 9.17) is 5.11 Å². The minimum atomic E-state index is -1.05. The summed E-state index contributed by atoms with van der Waals surface area (Å²) in [5, 5.41) is 13.4. The van der Waals surface area contributed by atoms with E-state index in [1.165, 1.54) is 23.2 Å². The van der Waals surface area contributed by atoms with Crippen molar-refractivity contribution in [2.24, 2.45) is 0 Å². The number of carbonyl (C=O) groups excluding carboxylic acids is 2. The number of rotatable bonds is 7. The van der Waals surface area contributed by atoms with Crippen LogP contribution in [-0.2, 0) is 14.4 Å². The van der Waals surface area contributed by atoms with Crippen molar-refractivity contribution in [2.45, 2.75) is 26.3 Å². The molecule has 0 radical (unpaired) electrons. The lowest BCUT2D eigenvalue weighted by atomic mass is 10.1. The van der Waals surface area contributed by atoms with Crippen LogP contribution in [0, 0.1) is 0 Å². The van der Waals surface area contributed by atoms with E-state index in [0.29, 0.717) is 6.54 Å². The smallest absolute Gasteiger partial charge is 0.323 e. The monoisotopic (exact) mass is 298 g/mol. The number of likely N-dealkylation sites (N-methyl/N-ethyl adjacent to an activating group) is 1. The molecule has 0 spiro atoms. The molecule has 110 valence electrons. The molecule has 2 N–H and O–H groups in total. The van der Waals surface area contributed by atoms with Gasteiger partial charge in [-0.05, 0) is 18.4 Å². The number of carbonyl (C=O) groups is 3. The Bertz CT molecular complexity index is 473. The first-order valence-corrected chi connectivity index (χ1v) is 7.12. The number of thiophene rings is 1. The van der Waals surface area contributed by atoms with Crippen LogP contribution in [0.3, 0.4) is 0 Å². The Morgan fingerprint density at radius 3 is 2.60 bits per heavy atom. The van der Waals surface area contributed by atoms with Crippen molar-refractivity contribution in [3.63, 3.8) is 0 Å². The van der Waals surface area contributed by atoms with Gasteiger partial charge in [0.25, 0.3) is 0 Å². The molecule has 1 aromatic heterocycles. The second kappa shape index (κ2) is 7.64. The van der Waals surface area contributed by atoms with E-state index in [0.717, 1.165) is 4.88 Å². The zero-order valence-corrected chi connectivity index (χ0v) is 12.3. The predicted molar refractivity (Wildman–Crippen MR) is 75.4 cm³/mol. The van der Waals surface area contributed by atoms with Gasteiger partial charge in [0.15, 0.2) is 0 Å².